The Morgan fingerprint density at radius 2 is 1.68 bits per heavy atom. The Kier molecular flexibility index (Phi) is 4.55. The summed E-state index contributed by atoms with van der Waals surface area (Å²) in [6, 6.07) is 9.77. The number of fused-ring (bicyclic) bond motifs is 1. The minimum atomic E-state index is -0.201. The molecule has 2 N–H and O–H groups in total. The Labute approximate surface area is 148 Å². The zero-order valence-corrected chi connectivity index (χ0v) is 14.4. The van der Waals surface area contributed by atoms with Crippen molar-refractivity contribution in [2.45, 2.75) is 38.5 Å². The molecule has 0 bridgehead atoms. The molecule has 1 saturated heterocycles. The average molecular weight is 336 g/mol. The predicted molar refractivity (Wildman–Crippen MR) is 101 cm³/mol. The molecule has 1 aromatic carbocycles. The van der Waals surface area contributed by atoms with Gasteiger partial charge >= 0.3 is 6.03 Å². The molecule has 0 unspecified atom stereocenters. The second-order valence-electron chi connectivity index (χ2n) is 6.80. The first-order valence-electron chi connectivity index (χ1n) is 9.20. The van der Waals surface area contributed by atoms with Crippen molar-refractivity contribution in [3.8, 4) is 0 Å². The van der Waals surface area contributed by atoms with Crippen LogP contribution in [0.5, 0.6) is 0 Å². The molecule has 2 aliphatic rings. The quantitative estimate of drug-likeness (QED) is 0.883. The molecular weight excluding hydrogens is 312 g/mol. The van der Waals surface area contributed by atoms with Gasteiger partial charge in [-0.2, -0.15) is 0 Å². The highest BCUT2D eigenvalue weighted by molar-refractivity contribution is 6.02. The number of hydrogen-bond donors (Lipinski definition) is 2. The molecule has 1 aromatic heterocycles. The fraction of sp³-hybridized carbons (Fsp3) is 0.400. The molecule has 0 saturated carbocycles. The summed E-state index contributed by atoms with van der Waals surface area (Å²) < 4.78 is 0. The number of hydrogen-bond acceptors (Lipinski definition) is 3. The fourth-order valence-electron chi connectivity index (χ4n) is 3.85. The molecule has 1 aliphatic carbocycles. The van der Waals surface area contributed by atoms with Crippen LogP contribution in [-0.2, 0) is 12.8 Å². The van der Waals surface area contributed by atoms with E-state index in [1.54, 1.807) is 6.20 Å². The highest BCUT2D eigenvalue weighted by Gasteiger charge is 2.19. The van der Waals surface area contributed by atoms with E-state index in [9.17, 15) is 4.79 Å². The monoisotopic (exact) mass is 336 g/mol. The number of benzene rings is 1. The van der Waals surface area contributed by atoms with Crippen molar-refractivity contribution in [3.05, 3.63) is 47.7 Å². The molecule has 2 aromatic rings. The van der Waals surface area contributed by atoms with Crippen LogP contribution in [0.15, 0.2) is 36.5 Å². The van der Waals surface area contributed by atoms with Crippen LogP contribution in [0.3, 0.4) is 0 Å². The van der Waals surface area contributed by atoms with E-state index in [0.29, 0.717) is 0 Å². The Morgan fingerprint density at radius 1 is 0.920 bits per heavy atom. The summed E-state index contributed by atoms with van der Waals surface area (Å²) in [7, 11) is 0. The standard InChI is InChI=1S/C20H24N4O/c25-20(22-17-10-5-8-15-7-1-2-9-16(15)17)23-18-11-6-12-21-19(18)24-13-3-4-14-24/h5-6,8,10-12H,1-4,7,9,13-14H2,(H2,22,23,25). The molecule has 5 heteroatoms. The SMILES string of the molecule is O=C(Nc1cccnc1N1CCCC1)Nc1cccc2c1CCCC2. The van der Waals surface area contributed by atoms with Gasteiger partial charge in [-0.1, -0.05) is 12.1 Å². The van der Waals surface area contributed by atoms with Crippen molar-refractivity contribution in [2.75, 3.05) is 28.6 Å². The third kappa shape index (κ3) is 3.45. The van der Waals surface area contributed by atoms with Gasteiger partial charge in [0.2, 0.25) is 0 Å². The van der Waals surface area contributed by atoms with Gasteiger partial charge in [-0.3, -0.25) is 0 Å². The number of carbonyl (C=O) groups is 1. The normalized spacial score (nSPS) is 16.4. The molecule has 0 atom stereocenters. The Balaban J connectivity index is 1.50. The van der Waals surface area contributed by atoms with Crippen LogP contribution in [0, 0.1) is 0 Å². The van der Waals surface area contributed by atoms with Crippen molar-refractivity contribution in [3.63, 3.8) is 0 Å². The van der Waals surface area contributed by atoms with E-state index < -0.39 is 0 Å². The van der Waals surface area contributed by atoms with Gasteiger partial charge in [0, 0.05) is 25.0 Å². The number of amides is 2. The number of carbonyl (C=O) groups excluding carboxylic acids is 1. The zero-order chi connectivity index (χ0) is 17.1. The van der Waals surface area contributed by atoms with Crippen LogP contribution in [-0.4, -0.2) is 24.1 Å². The van der Waals surface area contributed by atoms with Crippen LogP contribution < -0.4 is 15.5 Å². The van der Waals surface area contributed by atoms with Crippen LogP contribution in [0.1, 0.15) is 36.8 Å². The Hall–Kier alpha value is -2.56. The van der Waals surface area contributed by atoms with Gasteiger partial charge in [0.15, 0.2) is 5.82 Å². The molecule has 1 fully saturated rings. The molecular formula is C20H24N4O. The maximum atomic E-state index is 12.6. The first-order chi connectivity index (χ1) is 12.3. The van der Waals surface area contributed by atoms with E-state index in [4.69, 9.17) is 0 Å². The van der Waals surface area contributed by atoms with Crippen LogP contribution in [0.4, 0.5) is 22.0 Å². The summed E-state index contributed by atoms with van der Waals surface area (Å²) in [5, 5.41) is 6.03. The van der Waals surface area contributed by atoms with E-state index in [0.717, 1.165) is 43.1 Å². The predicted octanol–water partition coefficient (Wildman–Crippen LogP) is 4.20. The number of rotatable bonds is 3. The average Bonchev–Trinajstić information content (AvgIpc) is 3.17. The van der Waals surface area contributed by atoms with Gasteiger partial charge in [-0.25, -0.2) is 9.78 Å². The van der Waals surface area contributed by atoms with Gasteiger partial charge in [0.05, 0.1) is 5.69 Å². The summed E-state index contributed by atoms with van der Waals surface area (Å²) in [4.78, 5) is 19.3. The minimum Gasteiger partial charge on any atom is -0.355 e. The van der Waals surface area contributed by atoms with E-state index in [1.165, 1.54) is 36.8 Å². The van der Waals surface area contributed by atoms with Crippen molar-refractivity contribution in [2.24, 2.45) is 0 Å². The van der Waals surface area contributed by atoms with Gasteiger partial charge in [-0.05, 0) is 67.9 Å². The number of aryl methyl sites for hydroxylation is 1. The third-order valence-electron chi connectivity index (χ3n) is 5.08. The highest BCUT2D eigenvalue weighted by atomic mass is 16.2. The Bertz CT molecular complexity index is 768. The van der Waals surface area contributed by atoms with Gasteiger partial charge in [0.25, 0.3) is 0 Å². The van der Waals surface area contributed by atoms with Gasteiger partial charge in [0.1, 0.15) is 0 Å². The molecule has 130 valence electrons. The number of pyridine rings is 1. The summed E-state index contributed by atoms with van der Waals surface area (Å²) >= 11 is 0. The van der Waals surface area contributed by atoms with Crippen LogP contribution in [0.25, 0.3) is 0 Å². The molecule has 2 amide bonds. The van der Waals surface area contributed by atoms with Crippen molar-refractivity contribution >= 4 is 23.2 Å². The third-order valence-corrected chi connectivity index (χ3v) is 5.08. The highest BCUT2D eigenvalue weighted by Crippen LogP contribution is 2.29. The molecule has 5 nitrogen and oxygen atoms in total. The molecule has 25 heavy (non-hydrogen) atoms. The van der Waals surface area contributed by atoms with Crippen LogP contribution >= 0.6 is 0 Å². The molecule has 2 heterocycles. The van der Waals surface area contributed by atoms with Gasteiger partial charge in [-0.15, -0.1) is 0 Å². The summed E-state index contributed by atoms with van der Waals surface area (Å²) in [6.45, 7) is 2.00. The lowest BCUT2D eigenvalue weighted by Gasteiger charge is -2.21. The van der Waals surface area contributed by atoms with Crippen molar-refractivity contribution < 1.29 is 4.79 Å². The number of nitrogens with zero attached hydrogens (tertiary/aromatic N) is 2. The fourth-order valence-corrected chi connectivity index (χ4v) is 3.85. The lowest BCUT2D eigenvalue weighted by Crippen LogP contribution is -2.25. The second-order valence-corrected chi connectivity index (χ2v) is 6.80. The topological polar surface area (TPSA) is 57.3 Å². The number of nitrogens with one attached hydrogen (secondary N) is 2. The largest absolute Gasteiger partial charge is 0.355 e. The molecule has 0 radical (unpaired) electrons. The molecule has 1 aliphatic heterocycles. The first-order valence-corrected chi connectivity index (χ1v) is 9.20. The van der Waals surface area contributed by atoms with Crippen LogP contribution in [0.2, 0.25) is 0 Å². The van der Waals surface area contributed by atoms with E-state index >= 15 is 0 Å². The number of aromatic nitrogens is 1. The number of anilines is 3. The molecule has 0 spiro atoms. The maximum absolute atomic E-state index is 12.6. The van der Waals surface area contributed by atoms with E-state index in [-0.39, 0.29) is 6.03 Å². The number of urea groups is 1. The van der Waals surface area contributed by atoms with Gasteiger partial charge < -0.3 is 15.5 Å². The van der Waals surface area contributed by atoms with E-state index in [1.807, 2.05) is 24.3 Å². The molecule has 4 rings (SSSR count). The smallest absolute Gasteiger partial charge is 0.323 e. The summed E-state index contributed by atoms with van der Waals surface area (Å²) in [5.41, 5.74) is 4.35. The summed E-state index contributed by atoms with van der Waals surface area (Å²) in [5.74, 6) is 0.866. The zero-order valence-electron chi connectivity index (χ0n) is 14.4. The van der Waals surface area contributed by atoms with Crippen molar-refractivity contribution in [1.82, 2.24) is 4.98 Å². The van der Waals surface area contributed by atoms with E-state index in [2.05, 4.69) is 26.6 Å². The maximum Gasteiger partial charge on any atom is 0.323 e. The minimum absolute atomic E-state index is 0.201. The second kappa shape index (κ2) is 7.13. The Morgan fingerprint density at radius 3 is 2.56 bits per heavy atom. The lowest BCUT2D eigenvalue weighted by atomic mass is 9.90. The summed E-state index contributed by atoms with van der Waals surface area (Å²) in [6.07, 6.45) is 8.71. The first kappa shape index (κ1) is 15.9. The lowest BCUT2D eigenvalue weighted by molar-refractivity contribution is 0.262. The van der Waals surface area contributed by atoms with Crippen molar-refractivity contribution in [1.29, 1.82) is 0 Å².